The van der Waals surface area contributed by atoms with Crippen molar-refractivity contribution in [2.24, 2.45) is 0 Å². The zero-order chi connectivity index (χ0) is 12.5. The Balaban J connectivity index is 1.98. The monoisotopic (exact) mass is 245 g/mol. The second-order valence-corrected chi connectivity index (χ2v) is 3.56. The third-order valence-corrected chi connectivity index (χ3v) is 2.36. The average molecular weight is 245 g/mol. The molecule has 0 unspecified atom stereocenters. The number of hydrogen-bond donors (Lipinski definition) is 2. The van der Waals surface area contributed by atoms with Crippen LogP contribution in [0, 0.1) is 5.82 Å². The first kappa shape index (κ1) is 10.5. The Bertz CT molecular complexity index is 711. The first-order chi connectivity index (χ1) is 8.74. The van der Waals surface area contributed by atoms with Crippen molar-refractivity contribution in [3.8, 4) is 11.8 Å². The van der Waals surface area contributed by atoms with Gasteiger partial charge in [-0.25, -0.2) is 9.37 Å². The molecule has 0 bridgehead atoms. The highest BCUT2D eigenvalue weighted by atomic mass is 19.1. The highest BCUT2D eigenvalue weighted by Gasteiger charge is 2.09. The molecular formula is C11H8FN5O. The first-order valence-electron chi connectivity index (χ1n) is 5.13. The molecular weight excluding hydrogens is 237 g/mol. The molecule has 2 aromatic heterocycles. The van der Waals surface area contributed by atoms with Crippen LogP contribution in [0.4, 0.5) is 10.2 Å². The minimum absolute atomic E-state index is 0.0131. The Morgan fingerprint density at radius 1 is 1.28 bits per heavy atom. The van der Waals surface area contributed by atoms with Gasteiger partial charge in [-0.05, 0) is 12.1 Å². The van der Waals surface area contributed by atoms with Crippen LogP contribution >= 0.6 is 0 Å². The number of nitrogen functional groups attached to an aromatic ring is 1. The van der Waals surface area contributed by atoms with Crippen molar-refractivity contribution in [1.82, 2.24) is 20.2 Å². The lowest BCUT2D eigenvalue weighted by molar-refractivity contribution is 0.412. The van der Waals surface area contributed by atoms with E-state index in [4.69, 9.17) is 10.5 Å². The Labute approximate surface area is 101 Å². The molecule has 2 heterocycles. The molecule has 90 valence electrons. The second kappa shape index (κ2) is 3.95. The summed E-state index contributed by atoms with van der Waals surface area (Å²) in [5.41, 5.74) is 5.97. The number of nitrogens with zero attached hydrogens (tertiary/aromatic N) is 3. The fraction of sp³-hybridized carbons (Fsp3) is 0. The minimum atomic E-state index is -0.484. The maximum absolute atomic E-state index is 13.4. The van der Waals surface area contributed by atoms with Crippen molar-refractivity contribution in [3.63, 3.8) is 0 Å². The summed E-state index contributed by atoms with van der Waals surface area (Å²) < 4.78 is 18.6. The van der Waals surface area contributed by atoms with Crippen molar-refractivity contribution in [3.05, 3.63) is 36.3 Å². The lowest BCUT2D eigenvalue weighted by atomic mass is 10.3. The van der Waals surface area contributed by atoms with Crippen LogP contribution in [-0.4, -0.2) is 20.2 Å². The van der Waals surface area contributed by atoms with Gasteiger partial charge >= 0.3 is 6.01 Å². The lowest BCUT2D eigenvalue weighted by Gasteiger charge is -2.03. The van der Waals surface area contributed by atoms with E-state index in [0.717, 1.165) is 0 Å². The number of ether oxygens (including phenoxy) is 1. The Kier molecular flexibility index (Phi) is 2.30. The molecule has 3 aromatic rings. The third-order valence-electron chi connectivity index (χ3n) is 2.36. The van der Waals surface area contributed by atoms with E-state index in [1.807, 2.05) is 0 Å². The van der Waals surface area contributed by atoms with Gasteiger partial charge in [0.2, 0.25) is 0 Å². The van der Waals surface area contributed by atoms with E-state index in [1.165, 1.54) is 18.3 Å². The van der Waals surface area contributed by atoms with Crippen LogP contribution in [0.15, 0.2) is 30.5 Å². The lowest BCUT2D eigenvalue weighted by Crippen LogP contribution is -1.94. The minimum Gasteiger partial charge on any atom is -0.421 e. The van der Waals surface area contributed by atoms with Gasteiger partial charge in [0.15, 0.2) is 17.2 Å². The highest BCUT2D eigenvalue weighted by molar-refractivity contribution is 5.84. The second-order valence-electron chi connectivity index (χ2n) is 3.56. The molecule has 0 atom stereocenters. The molecule has 18 heavy (non-hydrogen) atoms. The number of fused-ring (bicyclic) bond motifs is 1. The molecule has 0 amide bonds. The van der Waals surface area contributed by atoms with Crippen LogP contribution in [0.1, 0.15) is 0 Å². The standard InChI is InChI=1S/C11H8FN5O/c12-7-3-1-2-4-8(7)18-11-14-5-6-9(13)16-17-10(6)15-11/h1-5H,(H3,13,14,15,16,17). The number of anilines is 1. The zero-order valence-electron chi connectivity index (χ0n) is 9.09. The summed E-state index contributed by atoms with van der Waals surface area (Å²) in [7, 11) is 0. The smallest absolute Gasteiger partial charge is 0.324 e. The van der Waals surface area contributed by atoms with Crippen molar-refractivity contribution in [2.75, 3.05) is 5.73 Å². The summed E-state index contributed by atoms with van der Waals surface area (Å²) in [6.07, 6.45) is 1.47. The van der Waals surface area contributed by atoms with Crippen LogP contribution in [0.2, 0.25) is 0 Å². The molecule has 0 radical (unpaired) electrons. The van der Waals surface area contributed by atoms with Crippen molar-refractivity contribution in [1.29, 1.82) is 0 Å². The quantitative estimate of drug-likeness (QED) is 0.719. The Hall–Kier alpha value is -2.70. The molecule has 0 saturated carbocycles. The summed E-state index contributed by atoms with van der Waals surface area (Å²) in [6.45, 7) is 0. The van der Waals surface area contributed by atoms with Gasteiger partial charge in [0.1, 0.15) is 5.82 Å². The molecule has 0 aliphatic carbocycles. The number of benzene rings is 1. The number of rotatable bonds is 2. The molecule has 0 aliphatic rings. The SMILES string of the molecule is Nc1[nH]nc2nc(Oc3ccccc3F)ncc12. The van der Waals surface area contributed by atoms with Gasteiger partial charge in [-0.1, -0.05) is 12.1 Å². The average Bonchev–Trinajstić information content (AvgIpc) is 2.74. The van der Waals surface area contributed by atoms with Gasteiger partial charge < -0.3 is 10.5 Å². The van der Waals surface area contributed by atoms with Gasteiger partial charge in [-0.2, -0.15) is 10.1 Å². The van der Waals surface area contributed by atoms with Gasteiger partial charge in [0.25, 0.3) is 0 Å². The first-order valence-corrected chi connectivity index (χ1v) is 5.13. The number of aromatic amines is 1. The van der Waals surface area contributed by atoms with Crippen molar-refractivity contribution in [2.45, 2.75) is 0 Å². The largest absolute Gasteiger partial charge is 0.421 e. The number of halogens is 1. The molecule has 1 aromatic carbocycles. The summed E-state index contributed by atoms with van der Waals surface area (Å²) in [5.74, 6) is -0.0504. The fourth-order valence-corrected chi connectivity index (χ4v) is 1.48. The predicted octanol–water partition coefficient (Wildman–Crippen LogP) is 1.87. The summed E-state index contributed by atoms with van der Waals surface area (Å²) in [5, 5.41) is 7.04. The number of H-pyrrole nitrogens is 1. The predicted molar refractivity (Wildman–Crippen MR) is 62.6 cm³/mol. The summed E-state index contributed by atoms with van der Waals surface area (Å²) >= 11 is 0. The molecule has 0 fully saturated rings. The van der Waals surface area contributed by atoms with E-state index in [0.29, 0.717) is 16.9 Å². The number of hydrogen-bond acceptors (Lipinski definition) is 5. The molecule has 3 rings (SSSR count). The Morgan fingerprint density at radius 3 is 2.94 bits per heavy atom. The van der Waals surface area contributed by atoms with Gasteiger partial charge in [-0.3, -0.25) is 5.10 Å². The maximum Gasteiger partial charge on any atom is 0.324 e. The van der Waals surface area contributed by atoms with E-state index in [2.05, 4.69) is 20.2 Å². The van der Waals surface area contributed by atoms with E-state index < -0.39 is 5.82 Å². The number of nitrogens with one attached hydrogen (secondary N) is 1. The summed E-state index contributed by atoms with van der Waals surface area (Å²) in [6, 6.07) is 6.02. The van der Waals surface area contributed by atoms with Gasteiger partial charge in [-0.15, -0.1) is 0 Å². The number of nitrogens with two attached hydrogens (primary N) is 1. The maximum atomic E-state index is 13.4. The van der Waals surface area contributed by atoms with Crippen LogP contribution < -0.4 is 10.5 Å². The van der Waals surface area contributed by atoms with Gasteiger partial charge in [0.05, 0.1) is 5.39 Å². The number of aromatic nitrogens is 4. The summed E-state index contributed by atoms with van der Waals surface area (Å²) in [4.78, 5) is 7.95. The molecule has 6 nitrogen and oxygen atoms in total. The fourth-order valence-electron chi connectivity index (χ4n) is 1.48. The molecule has 0 saturated heterocycles. The van der Waals surface area contributed by atoms with Gasteiger partial charge in [0, 0.05) is 6.20 Å². The van der Waals surface area contributed by atoms with Crippen LogP contribution in [0.25, 0.3) is 11.0 Å². The van der Waals surface area contributed by atoms with Crippen LogP contribution in [-0.2, 0) is 0 Å². The van der Waals surface area contributed by atoms with Crippen LogP contribution in [0.5, 0.6) is 11.8 Å². The van der Waals surface area contributed by atoms with E-state index in [9.17, 15) is 4.39 Å². The van der Waals surface area contributed by atoms with Crippen molar-refractivity contribution >= 4 is 16.9 Å². The van der Waals surface area contributed by atoms with E-state index >= 15 is 0 Å². The normalized spacial score (nSPS) is 10.7. The molecule has 3 N–H and O–H groups in total. The molecule has 0 spiro atoms. The van der Waals surface area contributed by atoms with E-state index in [1.54, 1.807) is 12.1 Å². The molecule has 0 aliphatic heterocycles. The molecule has 7 heteroatoms. The Morgan fingerprint density at radius 2 is 2.11 bits per heavy atom. The third kappa shape index (κ3) is 1.71. The van der Waals surface area contributed by atoms with Crippen molar-refractivity contribution < 1.29 is 9.13 Å². The highest BCUT2D eigenvalue weighted by Crippen LogP contribution is 2.23. The zero-order valence-corrected chi connectivity index (χ0v) is 9.09. The van der Waals surface area contributed by atoms with Crippen LogP contribution in [0.3, 0.4) is 0 Å². The van der Waals surface area contributed by atoms with E-state index in [-0.39, 0.29) is 11.8 Å². The number of para-hydroxylation sites is 1. The topological polar surface area (TPSA) is 89.7 Å².